The van der Waals surface area contributed by atoms with E-state index in [1.165, 1.54) is 0 Å². The molecule has 0 aliphatic carbocycles. The molecule has 1 fully saturated rings. The van der Waals surface area contributed by atoms with Gasteiger partial charge in [0.2, 0.25) is 0 Å². The van der Waals surface area contributed by atoms with E-state index in [4.69, 9.17) is 0 Å². The van der Waals surface area contributed by atoms with E-state index in [1.54, 1.807) is 21.7 Å². The molecule has 3 rings (SSSR count). The number of nitrogens with zero attached hydrogens (tertiary/aromatic N) is 2. The van der Waals surface area contributed by atoms with Crippen molar-refractivity contribution in [3.05, 3.63) is 23.7 Å². The zero-order valence-electron chi connectivity index (χ0n) is 12.2. The molecule has 1 aromatic carbocycles. The van der Waals surface area contributed by atoms with Crippen LogP contribution in [0.4, 0.5) is 10.5 Å². The zero-order valence-corrected chi connectivity index (χ0v) is 13.0. The van der Waals surface area contributed by atoms with Crippen LogP contribution in [0, 0.1) is 11.8 Å². The summed E-state index contributed by atoms with van der Waals surface area (Å²) in [5, 5.41) is 12.0. The number of benzene rings is 1. The molecule has 0 bridgehead atoms. The normalized spacial score (nSPS) is 21.8. The molecule has 6 nitrogen and oxygen atoms in total. The van der Waals surface area contributed by atoms with Crippen LogP contribution in [-0.2, 0) is 4.79 Å². The van der Waals surface area contributed by atoms with Crippen LogP contribution in [0.25, 0.3) is 10.2 Å². The van der Waals surface area contributed by atoms with Crippen molar-refractivity contribution in [2.45, 2.75) is 13.3 Å². The monoisotopic (exact) mass is 319 g/mol. The lowest BCUT2D eigenvalue weighted by Crippen LogP contribution is -2.47. The van der Waals surface area contributed by atoms with E-state index in [0.717, 1.165) is 10.2 Å². The first kappa shape index (κ1) is 14.8. The SMILES string of the molecule is CC1CC(C(=O)O)CN(C(=O)Nc2ccc3scnc3c2)C1. The second-order valence-electron chi connectivity index (χ2n) is 5.75. The van der Waals surface area contributed by atoms with Crippen molar-refractivity contribution < 1.29 is 14.7 Å². The van der Waals surface area contributed by atoms with Crippen molar-refractivity contribution in [2.24, 2.45) is 11.8 Å². The highest BCUT2D eigenvalue weighted by atomic mass is 32.1. The van der Waals surface area contributed by atoms with Crippen LogP contribution in [0.3, 0.4) is 0 Å². The maximum Gasteiger partial charge on any atom is 0.321 e. The van der Waals surface area contributed by atoms with E-state index in [1.807, 2.05) is 25.1 Å². The lowest BCUT2D eigenvalue weighted by atomic mass is 9.91. The maximum absolute atomic E-state index is 12.4. The van der Waals surface area contributed by atoms with Gasteiger partial charge in [0.25, 0.3) is 0 Å². The second kappa shape index (κ2) is 5.92. The van der Waals surface area contributed by atoms with Crippen molar-refractivity contribution in [3.8, 4) is 0 Å². The number of rotatable bonds is 2. The number of hydrogen-bond acceptors (Lipinski definition) is 4. The summed E-state index contributed by atoms with van der Waals surface area (Å²) in [6.45, 7) is 2.80. The number of amides is 2. The molecule has 1 aromatic heterocycles. The first-order valence-corrected chi connectivity index (χ1v) is 8.03. The molecule has 1 saturated heterocycles. The average molecular weight is 319 g/mol. The smallest absolute Gasteiger partial charge is 0.321 e. The largest absolute Gasteiger partial charge is 0.481 e. The minimum absolute atomic E-state index is 0.182. The van der Waals surface area contributed by atoms with Crippen molar-refractivity contribution in [1.29, 1.82) is 0 Å². The molecule has 7 heteroatoms. The van der Waals surface area contributed by atoms with Crippen LogP contribution in [0.15, 0.2) is 23.7 Å². The Bertz CT molecular complexity index is 715. The van der Waals surface area contributed by atoms with Gasteiger partial charge in [0.15, 0.2) is 0 Å². The van der Waals surface area contributed by atoms with Gasteiger partial charge in [-0.2, -0.15) is 0 Å². The Balaban J connectivity index is 1.71. The Hall–Kier alpha value is -2.15. The first-order chi connectivity index (χ1) is 10.5. The molecule has 2 atom stereocenters. The minimum Gasteiger partial charge on any atom is -0.481 e. The Morgan fingerprint density at radius 3 is 3.00 bits per heavy atom. The van der Waals surface area contributed by atoms with Gasteiger partial charge in [-0.25, -0.2) is 9.78 Å². The predicted octanol–water partition coefficient (Wildman–Crippen LogP) is 2.87. The molecule has 0 radical (unpaired) electrons. The van der Waals surface area contributed by atoms with Gasteiger partial charge >= 0.3 is 12.0 Å². The summed E-state index contributed by atoms with van der Waals surface area (Å²) in [6, 6.07) is 5.32. The lowest BCUT2D eigenvalue weighted by molar-refractivity contribution is -0.143. The second-order valence-corrected chi connectivity index (χ2v) is 6.63. The Morgan fingerprint density at radius 1 is 1.41 bits per heavy atom. The Morgan fingerprint density at radius 2 is 2.23 bits per heavy atom. The van der Waals surface area contributed by atoms with E-state index in [0.29, 0.717) is 18.7 Å². The number of piperidine rings is 1. The van der Waals surface area contributed by atoms with Crippen molar-refractivity contribution >= 4 is 39.2 Å². The summed E-state index contributed by atoms with van der Waals surface area (Å²) in [5.41, 5.74) is 3.28. The number of aliphatic carboxylic acids is 1. The third-order valence-corrected chi connectivity index (χ3v) is 4.69. The van der Waals surface area contributed by atoms with Crippen LogP contribution in [0.2, 0.25) is 0 Å². The standard InChI is InChI=1S/C15H17N3O3S/c1-9-4-10(14(19)20)7-18(6-9)15(21)17-11-2-3-13-12(5-11)16-8-22-13/h2-3,5,8-10H,4,6-7H2,1H3,(H,17,21)(H,19,20). The van der Waals surface area contributed by atoms with Crippen molar-refractivity contribution in [1.82, 2.24) is 9.88 Å². The Kier molecular flexibility index (Phi) is 3.98. The van der Waals surface area contributed by atoms with E-state index in [2.05, 4.69) is 10.3 Å². The molecule has 0 saturated carbocycles. The fourth-order valence-corrected chi connectivity index (χ4v) is 3.49. The van der Waals surface area contributed by atoms with Gasteiger partial charge in [-0.3, -0.25) is 4.79 Å². The van der Waals surface area contributed by atoms with E-state index >= 15 is 0 Å². The topological polar surface area (TPSA) is 82.5 Å². The molecule has 2 amide bonds. The van der Waals surface area contributed by atoms with Crippen molar-refractivity contribution in [2.75, 3.05) is 18.4 Å². The first-order valence-electron chi connectivity index (χ1n) is 7.15. The highest BCUT2D eigenvalue weighted by Gasteiger charge is 2.31. The molecule has 116 valence electrons. The van der Waals surface area contributed by atoms with E-state index in [9.17, 15) is 14.7 Å². The van der Waals surface area contributed by atoms with Crippen LogP contribution in [0.5, 0.6) is 0 Å². The number of anilines is 1. The number of nitrogens with one attached hydrogen (secondary N) is 1. The molecule has 2 unspecified atom stereocenters. The maximum atomic E-state index is 12.4. The summed E-state index contributed by atoms with van der Waals surface area (Å²) in [6.07, 6.45) is 0.615. The fraction of sp³-hybridized carbons (Fsp3) is 0.400. The quantitative estimate of drug-likeness (QED) is 0.891. The molecular formula is C15H17N3O3S. The number of carboxylic acid groups (broad SMARTS) is 1. The van der Waals surface area contributed by atoms with Crippen molar-refractivity contribution in [3.63, 3.8) is 0 Å². The molecule has 0 spiro atoms. The van der Waals surface area contributed by atoms with E-state index in [-0.39, 0.29) is 18.5 Å². The molecule has 1 aliphatic rings. The van der Waals surface area contributed by atoms with Crippen LogP contribution in [0.1, 0.15) is 13.3 Å². The summed E-state index contributed by atoms with van der Waals surface area (Å²) >= 11 is 1.55. The minimum atomic E-state index is -0.840. The van der Waals surface area contributed by atoms with Crippen LogP contribution < -0.4 is 5.32 Å². The van der Waals surface area contributed by atoms with Crippen LogP contribution in [-0.4, -0.2) is 40.1 Å². The van der Waals surface area contributed by atoms with Crippen LogP contribution >= 0.6 is 11.3 Å². The fourth-order valence-electron chi connectivity index (χ4n) is 2.83. The highest BCUT2D eigenvalue weighted by Crippen LogP contribution is 2.24. The molecule has 22 heavy (non-hydrogen) atoms. The highest BCUT2D eigenvalue weighted by molar-refractivity contribution is 7.16. The molecule has 2 N–H and O–H groups in total. The lowest BCUT2D eigenvalue weighted by Gasteiger charge is -2.34. The van der Waals surface area contributed by atoms with Gasteiger partial charge in [0.1, 0.15) is 0 Å². The summed E-state index contributed by atoms with van der Waals surface area (Å²) in [4.78, 5) is 29.3. The number of carbonyl (C=O) groups is 2. The average Bonchev–Trinajstić information content (AvgIpc) is 2.94. The number of carbonyl (C=O) groups excluding carboxylic acids is 1. The summed E-state index contributed by atoms with van der Waals surface area (Å²) in [7, 11) is 0. The zero-order chi connectivity index (χ0) is 15.7. The number of fused-ring (bicyclic) bond motifs is 1. The van der Waals surface area contributed by atoms with E-state index < -0.39 is 11.9 Å². The number of thiazole rings is 1. The van der Waals surface area contributed by atoms with Gasteiger partial charge < -0.3 is 15.3 Å². The number of urea groups is 1. The number of hydrogen-bond donors (Lipinski definition) is 2. The summed E-state index contributed by atoms with van der Waals surface area (Å²) < 4.78 is 1.07. The number of likely N-dealkylation sites (tertiary alicyclic amines) is 1. The molecular weight excluding hydrogens is 302 g/mol. The number of aromatic nitrogens is 1. The van der Waals surface area contributed by atoms with Gasteiger partial charge in [-0.05, 0) is 30.5 Å². The Labute approximate surface area is 131 Å². The molecule has 2 heterocycles. The van der Waals surface area contributed by atoms with Gasteiger partial charge in [0.05, 0.1) is 21.6 Å². The van der Waals surface area contributed by atoms with Gasteiger partial charge in [0, 0.05) is 18.8 Å². The third kappa shape index (κ3) is 3.04. The molecule has 1 aliphatic heterocycles. The predicted molar refractivity (Wildman–Crippen MR) is 85.1 cm³/mol. The molecule has 2 aromatic rings. The van der Waals surface area contributed by atoms with Gasteiger partial charge in [-0.1, -0.05) is 6.92 Å². The third-order valence-electron chi connectivity index (χ3n) is 3.88. The summed E-state index contributed by atoms with van der Waals surface area (Å²) in [5.74, 6) is -1.15. The number of carboxylic acids is 1. The van der Waals surface area contributed by atoms with Gasteiger partial charge in [-0.15, -0.1) is 11.3 Å².